The van der Waals surface area contributed by atoms with Crippen molar-refractivity contribution in [3.63, 3.8) is 0 Å². The molecule has 0 atom stereocenters. The van der Waals surface area contributed by atoms with Crippen LogP contribution in [0.4, 0.5) is 0 Å². The summed E-state index contributed by atoms with van der Waals surface area (Å²) in [7, 11) is 1.92. The van der Waals surface area contributed by atoms with Crippen molar-refractivity contribution in [2.24, 2.45) is 12.8 Å². The molecule has 0 unspecified atom stereocenters. The van der Waals surface area contributed by atoms with Crippen molar-refractivity contribution in [2.45, 2.75) is 26.3 Å². The minimum Gasteiger partial charge on any atom is -0.325 e. The fourth-order valence-corrected chi connectivity index (χ4v) is 2.69. The maximum atomic E-state index is 5.72. The molecule has 1 aromatic heterocycles. The molecule has 1 aromatic carbocycles. The van der Waals surface area contributed by atoms with Crippen molar-refractivity contribution in [1.82, 2.24) is 9.78 Å². The topological polar surface area (TPSA) is 43.8 Å². The van der Waals surface area contributed by atoms with Gasteiger partial charge >= 0.3 is 0 Å². The van der Waals surface area contributed by atoms with E-state index in [2.05, 4.69) is 59.1 Å². The summed E-state index contributed by atoms with van der Waals surface area (Å²) >= 11 is 3.58. The van der Waals surface area contributed by atoms with E-state index in [1.165, 1.54) is 5.56 Å². The summed E-state index contributed by atoms with van der Waals surface area (Å²) < 4.78 is 2.82. The van der Waals surface area contributed by atoms with Crippen LogP contribution in [-0.4, -0.2) is 9.78 Å². The van der Waals surface area contributed by atoms with Gasteiger partial charge in [-0.05, 0) is 27.4 Å². The highest BCUT2D eigenvalue weighted by molar-refractivity contribution is 9.10. The number of benzene rings is 1. The van der Waals surface area contributed by atoms with Gasteiger partial charge in [0.2, 0.25) is 0 Å². The largest absolute Gasteiger partial charge is 0.325 e. The zero-order valence-electron chi connectivity index (χ0n) is 10.9. The third kappa shape index (κ3) is 2.35. The summed E-state index contributed by atoms with van der Waals surface area (Å²) in [6, 6.07) is 8.54. The van der Waals surface area contributed by atoms with Gasteiger partial charge in [0.15, 0.2) is 0 Å². The fourth-order valence-electron chi connectivity index (χ4n) is 1.97. The fraction of sp³-hybridized carbons (Fsp3) is 0.357. The van der Waals surface area contributed by atoms with Crippen LogP contribution in [0.2, 0.25) is 0 Å². The van der Waals surface area contributed by atoms with Gasteiger partial charge < -0.3 is 5.73 Å². The lowest BCUT2D eigenvalue weighted by Gasteiger charge is -2.05. The Morgan fingerprint density at radius 2 is 1.89 bits per heavy atom. The monoisotopic (exact) mass is 307 g/mol. The quantitative estimate of drug-likeness (QED) is 0.944. The minimum absolute atomic E-state index is 0.480. The lowest BCUT2D eigenvalue weighted by atomic mass is 10.0. The van der Waals surface area contributed by atoms with Crippen LogP contribution in [0.15, 0.2) is 28.7 Å². The highest BCUT2D eigenvalue weighted by Crippen LogP contribution is 2.30. The lowest BCUT2D eigenvalue weighted by molar-refractivity contribution is 0.713. The van der Waals surface area contributed by atoms with E-state index < -0.39 is 0 Å². The van der Waals surface area contributed by atoms with Crippen LogP contribution in [0.25, 0.3) is 11.3 Å². The standard InChI is InChI=1S/C14H18BrN3/c1-9(2)10-4-6-11(7-5-10)14-13(15)12(8-16)18(3)17-14/h4-7,9H,8,16H2,1-3H3. The first kappa shape index (κ1) is 13.3. The van der Waals surface area contributed by atoms with Crippen molar-refractivity contribution in [3.05, 3.63) is 40.0 Å². The molecule has 2 aromatic rings. The van der Waals surface area contributed by atoms with Gasteiger partial charge in [-0.15, -0.1) is 0 Å². The predicted molar refractivity (Wildman–Crippen MR) is 78.3 cm³/mol. The number of aromatic nitrogens is 2. The Kier molecular flexibility index (Phi) is 3.88. The van der Waals surface area contributed by atoms with Crippen LogP contribution in [0, 0.1) is 0 Å². The first-order valence-electron chi connectivity index (χ1n) is 6.06. The Morgan fingerprint density at radius 1 is 1.28 bits per heavy atom. The van der Waals surface area contributed by atoms with E-state index in [-0.39, 0.29) is 0 Å². The third-order valence-electron chi connectivity index (χ3n) is 3.15. The van der Waals surface area contributed by atoms with E-state index in [4.69, 9.17) is 5.73 Å². The Morgan fingerprint density at radius 3 is 2.33 bits per heavy atom. The summed E-state index contributed by atoms with van der Waals surface area (Å²) in [4.78, 5) is 0. The number of rotatable bonds is 3. The first-order valence-corrected chi connectivity index (χ1v) is 6.85. The van der Waals surface area contributed by atoms with Gasteiger partial charge in [-0.25, -0.2) is 0 Å². The summed E-state index contributed by atoms with van der Waals surface area (Å²) in [5.74, 6) is 0.547. The molecule has 0 fully saturated rings. The number of hydrogen-bond acceptors (Lipinski definition) is 2. The maximum Gasteiger partial charge on any atom is 0.107 e. The highest BCUT2D eigenvalue weighted by Gasteiger charge is 2.14. The zero-order valence-corrected chi connectivity index (χ0v) is 12.5. The molecule has 1 heterocycles. The number of nitrogens with two attached hydrogens (primary N) is 1. The SMILES string of the molecule is CC(C)c1ccc(-c2nn(C)c(CN)c2Br)cc1. The van der Waals surface area contributed by atoms with E-state index in [0.29, 0.717) is 12.5 Å². The molecule has 2 rings (SSSR count). The molecule has 3 nitrogen and oxygen atoms in total. The minimum atomic E-state index is 0.480. The molecule has 0 aliphatic heterocycles. The smallest absolute Gasteiger partial charge is 0.107 e. The van der Waals surface area contributed by atoms with E-state index in [0.717, 1.165) is 21.4 Å². The van der Waals surface area contributed by atoms with Crippen molar-refractivity contribution >= 4 is 15.9 Å². The molecule has 4 heteroatoms. The Bertz CT molecular complexity index is 541. The van der Waals surface area contributed by atoms with Gasteiger partial charge in [-0.2, -0.15) is 5.10 Å². The van der Waals surface area contributed by atoms with Gasteiger partial charge in [0.05, 0.1) is 10.2 Å². The number of halogens is 1. The molecule has 0 radical (unpaired) electrons. The molecule has 0 aliphatic rings. The third-order valence-corrected chi connectivity index (χ3v) is 3.98. The van der Waals surface area contributed by atoms with Gasteiger partial charge in [-0.1, -0.05) is 38.1 Å². The van der Waals surface area contributed by atoms with Crippen molar-refractivity contribution in [1.29, 1.82) is 0 Å². The molecule has 96 valence electrons. The summed E-state index contributed by atoms with van der Waals surface area (Å²) in [6.45, 7) is 4.87. The Hall–Kier alpha value is -1.13. The molecule has 0 amide bonds. The lowest BCUT2D eigenvalue weighted by Crippen LogP contribution is -2.04. The van der Waals surface area contributed by atoms with Crippen molar-refractivity contribution in [2.75, 3.05) is 0 Å². The molecular weight excluding hydrogens is 290 g/mol. The van der Waals surface area contributed by atoms with Crippen molar-refractivity contribution < 1.29 is 0 Å². The molecule has 0 aliphatic carbocycles. The van der Waals surface area contributed by atoms with Crippen LogP contribution in [0.5, 0.6) is 0 Å². The second-order valence-corrected chi connectivity index (χ2v) is 5.51. The average Bonchev–Trinajstić information content (AvgIpc) is 2.64. The van der Waals surface area contributed by atoms with E-state index in [1.54, 1.807) is 0 Å². The molecule has 0 saturated carbocycles. The molecule has 0 bridgehead atoms. The Labute approximate surface area is 116 Å². The summed E-state index contributed by atoms with van der Waals surface area (Å²) in [5, 5.41) is 4.52. The number of hydrogen-bond donors (Lipinski definition) is 1. The number of aryl methyl sites for hydroxylation is 1. The van der Waals surface area contributed by atoms with E-state index in [1.807, 2.05) is 11.7 Å². The number of nitrogens with zero attached hydrogens (tertiary/aromatic N) is 2. The molecule has 18 heavy (non-hydrogen) atoms. The van der Waals surface area contributed by atoms with Gasteiger partial charge in [0, 0.05) is 19.2 Å². The van der Waals surface area contributed by atoms with E-state index in [9.17, 15) is 0 Å². The van der Waals surface area contributed by atoms with Gasteiger partial charge in [0.1, 0.15) is 5.69 Å². The second kappa shape index (κ2) is 5.24. The molecule has 0 saturated heterocycles. The zero-order chi connectivity index (χ0) is 13.3. The predicted octanol–water partition coefficient (Wildman–Crippen LogP) is 3.43. The molecule has 0 spiro atoms. The first-order chi connectivity index (χ1) is 8.54. The normalized spacial score (nSPS) is 11.2. The maximum absolute atomic E-state index is 5.72. The molecule has 2 N–H and O–H groups in total. The van der Waals surface area contributed by atoms with Crippen LogP contribution in [-0.2, 0) is 13.6 Å². The van der Waals surface area contributed by atoms with Crippen LogP contribution in [0.1, 0.15) is 31.0 Å². The van der Waals surface area contributed by atoms with Gasteiger partial charge in [-0.3, -0.25) is 4.68 Å². The molecular formula is C14H18BrN3. The average molecular weight is 308 g/mol. The van der Waals surface area contributed by atoms with Gasteiger partial charge in [0.25, 0.3) is 0 Å². The second-order valence-electron chi connectivity index (χ2n) is 4.71. The van der Waals surface area contributed by atoms with Crippen LogP contribution in [0.3, 0.4) is 0 Å². The van der Waals surface area contributed by atoms with Crippen LogP contribution >= 0.6 is 15.9 Å². The van der Waals surface area contributed by atoms with E-state index >= 15 is 0 Å². The summed E-state index contributed by atoms with van der Waals surface area (Å²) in [5.41, 5.74) is 10.1. The Balaban J connectivity index is 2.43. The highest BCUT2D eigenvalue weighted by atomic mass is 79.9. The van der Waals surface area contributed by atoms with Crippen LogP contribution < -0.4 is 5.73 Å². The van der Waals surface area contributed by atoms with Crippen molar-refractivity contribution in [3.8, 4) is 11.3 Å². The summed E-state index contributed by atoms with van der Waals surface area (Å²) in [6.07, 6.45) is 0.